The van der Waals surface area contributed by atoms with E-state index in [0.717, 1.165) is 0 Å². The summed E-state index contributed by atoms with van der Waals surface area (Å²) in [5.74, 6) is -1.01. The Kier molecular flexibility index (Phi) is 5.36. The fourth-order valence-corrected chi connectivity index (χ4v) is 4.38. The highest BCUT2D eigenvalue weighted by atomic mass is 32.2. The molecule has 9 heteroatoms. The van der Waals surface area contributed by atoms with Gasteiger partial charge in [0.05, 0.1) is 23.9 Å². The standard InChI is InChI=1S/C17H21NO7S/c19-16(18-7-1-3-13(18)17(20)21)6-10-26(22,23)12-4-5-14-15(11-12)25-9-2-8-24-14/h4-5,11,13H,1-3,6-10H2,(H,20,21). The minimum absolute atomic E-state index is 0.0609. The second kappa shape index (κ2) is 7.53. The Balaban J connectivity index is 1.68. The van der Waals surface area contributed by atoms with Crippen molar-refractivity contribution in [2.24, 2.45) is 0 Å². The molecule has 1 amide bonds. The van der Waals surface area contributed by atoms with E-state index < -0.39 is 27.8 Å². The molecule has 1 aromatic rings. The lowest BCUT2D eigenvalue weighted by Crippen LogP contribution is -2.40. The number of benzene rings is 1. The van der Waals surface area contributed by atoms with Crippen LogP contribution in [0.3, 0.4) is 0 Å². The first kappa shape index (κ1) is 18.5. The summed E-state index contributed by atoms with van der Waals surface area (Å²) in [4.78, 5) is 24.8. The van der Waals surface area contributed by atoms with Crippen LogP contribution in [0.15, 0.2) is 23.1 Å². The number of carbonyl (C=O) groups excluding carboxylic acids is 1. The normalized spacial score (nSPS) is 19.8. The predicted octanol–water partition coefficient (Wildman–Crippen LogP) is 1.09. The van der Waals surface area contributed by atoms with Crippen molar-refractivity contribution >= 4 is 21.7 Å². The quantitative estimate of drug-likeness (QED) is 0.810. The highest BCUT2D eigenvalue weighted by molar-refractivity contribution is 7.91. The molecule has 26 heavy (non-hydrogen) atoms. The third kappa shape index (κ3) is 3.92. The summed E-state index contributed by atoms with van der Waals surface area (Å²) < 4.78 is 36.1. The molecule has 0 saturated carbocycles. The van der Waals surface area contributed by atoms with Crippen molar-refractivity contribution < 1.29 is 32.6 Å². The number of nitrogens with zero attached hydrogens (tertiary/aromatic N) is 1. The van der Waals surface area contributed by atoms with Gasteiger partial charge in [0.25, 0.3) is 0 Å². The van der Waals surface area contributed by atoms with Crippen molar-refractivity contribution in [3.63, 3.8) is 0 Å². The first-order chi connectivity index (χ1) is 12.4. The van der Waals surface area contributed by atoms with E-state index in [-0.39, 0.29) is 17.1 Å². The number of aliphatic carboxylic acids is 1. The van der Waals surface area contributed by atoms with Gasteiger partial charge in [0.1, 0.15) is 6.04 Å². The molecule has 1 aromatic carbocycles. The summed E-state index contributed by atoms with van der Waals surface area (Å²) in [6, 6.07) is 3.54. The van der Waals surface area contributed by atoms with Gasteiger partial charge in [0.2, 0.25) is 5.91 Å². The maximum absolute atomic E-state index is 12.6. The third-order valence-corrected chi connectivity index (χ3v) is 6.23. The van der Waals surface area contributed by atoms with E-state index in [9.17, 15) is 18.0 Å². The Morgan fingerprint density at radius 1 is 1.15 bits per heavy atom. The lowest BCUT2D eigenvalue weighted by atomic mass is 10.2. The van der Waals surface area contributed by atoms with Gasteiger partial charge >= 0.3 is 5.97 Å². The number of likely N-dealkylation sites (tertiary alicyclic amines) is 1. The average molecular weight is 383 g/mol. The second-order valence-electron chi connectivity index (χ2n) is 6.31. The van der Waals surface area contributed by atoms with Crippen LogP contribution in [0, 0.1) is 0 Å². The molecule has 2 aliphatic heterocycles. The number of carboxylic acid groups (broad SMARTS) is 1. The topological polar surface area (TPSA) is 110 Å². The highest BCUT2D eigenvalue weighted by Crippen LogP contribution is 2.32. The van der Waals surface area contributed by atoms with Gasteiger partial charge in [-0.05, 0) is 25.0 Å². The van der Waals surface area contributed by atoms with Crippen LogP contribution >= 0.6 is 0 Å². The minimum Gasteiger partial charge on any atom is -0.490 e. The van der Waals surface area contributed by atoms with Crippen LogP contribution in [0.4, 0.5) is 0 Å². The molecule has 1 saturated heterocycles. The van der Waals surface area contributed by atoms with Gasteiger partial charge in [-0.1, -0.05) is 0 Å². The number of ether oxygens (including phenoxy) is 2. The van der Waals surface area contributed by atoms with Crippen LogP contribution in [0.5, 0.6) is 11.5 Å². The molecule has 2 heterocycles. The number of hydrogen-bond donors (Lipinski definition) is 1. The molecule has 1 atom stereocenters. The van der Waals surface area contributed by atoms with E-state index in [1.807, 2.05) is 0 Å². The number of hydrogen-bond acceptors (Lipinski definition) is 6. The van der Waals surface area contributed by atoms with E-state index in [0.29, 0.717) is 50.5 Å². The lowest BCUT2D eigenvalue weighted by Gasteiger charge is -2.21. The maximum atomic E-state index is 12.6. The van der Waals surface area contributed by atoms with Gasteiger partial charge in [-0.15, -0.1) is 0 Å². The SMILES string of the molecule is O=C(O)C1CCCN1C(=O)CCS(=O)(=O)c1ccc2c(c1)OCCCO2. The largest absolute Gasteiger partial charge is 0.490 e. The van der Waals surface area contributed by atoms with Crippen LogP contribution in [-0.4, -0.2) is 61.9 Å². The fraction of sp³-hybridized carbons (Fsp3) is 0.529. The molecule has 1 unspecified atom stereocenters. The van der Waals surface area contributed by atoms with Crippen molar-refractivity contribution in [1.29, 1.82) is 0 Å². The van der Waals surface area contributed by atoms with E-state index in [1.54, 1.807) is 6.07 Å². The van der Waals surface area contributed by atoms with Gasteiger partial charge in [0, 0.05) is 25.5 Å². The van der Waals surface area contributed by atoms with Crippen molar-refractivity contribution in [1.82, 2.24) is 4.90 Å². The van der Waals surface area contributed by atoms with E-state index in [1.165, 1.54) is 17.0 Å². The van der Waals surface area contributed by atoms with Crippen molar-refractivity contribution in [2.45, 2.75) is 36.6 Å². The molecule has 142 valence electrons. The molecular formula is C17H21NO7S. The van der Waals surface area contributed by atoms with E-state index >= 15 is 0 Å². The first-order valence-electron chi connectivity index (χ1n) is 8.53. The Morgan fingerprint density at radius 3 is 2.62 bits per heavy atom. The molecule has 2 aliphatic rings. The lowest BCUT2D eigenvalue weighted by molar-refractivity contribution is -0.148. The summed E-state index contributed by atoms with van der Waals surface area (Å²) in [6.07, 6.45) is 1.47. The predicted molar refractivity (Wildman–Crippen MR) is 91.1 cm³/mol. The zero-order chi connectivity index (χ0) is 18.7. The van der Waals surface area contributed by atoms with Gasteiger partial charge in [-0.3, -0.25) is 4.79 Å². The van der Waals surface area contributed by atoms with Gasteiger partial charge in [-0.25, -0.2) is 13.2 Å². The minimum atomic E-state index is -3.70. The van der Waals surface area contributed by atoms with E-state index in [4.69, 9.17) is 14.6 Å². The number of carboxylic acids is 1. The first-order valence-corrected chi connectivity index (χ1v) is 10.2. The zero-order valence-electron chi connectivity index (χ0n) is 14.2. The molecule has 0 aliphatic carbocycles. The molecule has 0 bridgehead atoms. The number of sulfone groups is 1. The van der Waals surface area contributed by atoms with Gasteiger partial charge < -0.3 is 19.5 Å². The second-order valence-corrected chi connectivity index (χ2v) is 8.42. The monoisotopic (exact) mass is 383 g/mol. The molecule has 8 nitrogen and oxygen atoms in total. The van der Waals surface area contributed by atoms with Crippen LogP contribution in [0.1, 0.15) is 25.7 Å². The summed E-state index contributed by atoms with van der Waals surface area (Å²) >= 11 is 0. The number of rotatable bonds is 5. The number of amides is 1. The summed E-state index contributed by atoms with van der Waals surface area (Å²) in [5.41, 5.74) is 0. The Labute approximate surface area is 151 Å². The van der Waals surface area contributed by atoms with Crippen LogP contribution in [0.2, 0.25) is 0 Å². The van der Waals surface area contributed by atoms with Crippen molar-refractivity contribution in [2.75, 3.05) is 25.5 Å². The summed E-state index contributed by atoms with van der Waals surface area (Å²) in [6.45, 7) is 1.30. The van der Waals surface area contributed by atoms with Crippen LogP contribution in [0.25, 0.3) is 0 Å². The summed E-state index contributed by atoms with van der Waals surface area (Å²) in [7, 11) is -3.70. The Bertz CT molecular complexity index is 805. The van der Waals surface area contributed by atoms with Crippen molar-refractivity contribution in [3.05, 3.63) is 18.2 Å². The maximum Gasteiger partial charge on any atom is 0.326 e. The molecule has 0 aromatic heterocycles. The van der Waals surface area contributed by atoms with Crippen LogP contribution in [-0.2, 0) is 19.4 Å². The molecular weight excluding hydrogens is 362 g/mol. The van der Waals surface area contributed by atoms with Crippen LogP contribution < -0.4 is 9.47 Å². The highest BCUT2D eigenvalue weighted by Gasteiger charge is 2.34. The molecule has 0 radical (unpaired) electrons. The Hall–Kier alpha value is -2.29. The fourth-order valence-electron chi connectivity index (χ4n) is 3.14. The molecule has 3 rings (SSSR count). The van der Waals surface area contributed by atoms with Gasteiger partial charge in [0.15, 0.2) is 21.3 Å². The van der Waals surface area contributed by atoms with Crippen molar-refractivity contribution in [3.8, 4) is 11.5 Å². The molecule has 0 spiro atoms. The number of fused-ring (bicyclic) bond motifs is 1. The third-order valence-electron chi connectivity index (χ3n) is 4.52. The zero-order valence-corrected chi connectivity index (χ0v) is 15.0. The molecule has 1 N–H and O–H groups in total. The van der Waals surface area contributed by atoms with Gasteiger partial charge in [-0.2, -0.15) is 0 Å². The molecule has 1 fully saturated rings. The smallest absolute Gasteiger partial charge is 0.326 e. The average Bonchev–Trinajstić information content (AvgIpc) is 2.99. The summed E-state index contributed by atoms with van der Waals surface area (Å²) in [5, 5.41) is 9.14. The Morgan fingerprint density at radius 2 is 1.88 bits per heavy atom. The van der Waals surface area contributed by atoms with E-state index in [2.05, 4.69) is 0 Å². The number of carbonyl (C=O) groups is 2.